The molecule has 2 fully saturated rings. The summed E-state index contributed by atoms with van der Waals surface area (Å²) in [7, 11) is 9.76. The third-order valence-electron chi connectivity index (χ3n) is 13.7. The van der Waals surface area contributed by atoms with Crippen LogP contribution in [0.3, 0.4) is 0 Å². The van der Waals surface area contributed by atoms with Gasteiger partial charge in [0.25, 0.3) is 5.76 Å². The van der Waals surface area contributed by atoms with E-state index in [2.05, 4.69) is 61.2 Å². The average Bonchev–Trinajstić information content (AvgIpc) is 4.43. The molecule has 1 unspecified atom stereocenters. The van der Waals surface area contributed by atoms with Crippen molar-refractivity contribution < 1.29 is 48.8 Å². The maximum atomic E-state index is 10.9. The minimum atomic E-state index is -1.57. The van der Waals surface area contributed by atoms with E-state index in [0.717, 1.165) is 58.1 Å². The van der Waals surface area contributed by atoms with E-state index in [1.54, 1.807) is 77.0 Å². The molecule has 0 radical (unpaired) electrons. The molecular formula is C64H65O10+. The molecule has 74 heavy (non-hydrogen) atoms. The fourth-order valence-corrected chi connectivity index (χ4v) is 9.24. The molecule has 0 spiro atoms. The lowest BCUT2D eigenvalue weighted by Gasteiger charge is -2.25. The van der Waals surface area contributed by atoms with E-state index in [0.29, 0.717) is 22.7 Å². The summed E-state index contributed by atoms with van der Waals surface area (Å²) in [4.78, 5) is 0. The normalized spacial score (nSPS) is 14.9. The molecule has 10 nitrogen and oxygen atoms in total. The van der Waals surface area contributed by atoms with Crippen LogP contribution in [0, 0.1) is 6.08 Å². The summed E-state index contributed by atoms with van der Waals surface area (Å²) < 4.78 is 31.9. The van der Waals surface area contributed by atoms with E-state index >= 15 is 0 Å². The van der Waals surface area contributed by atoms with E-state index in [1.165, 1.54) is 49.8 Å². The Kier molecular flexibility index (Phi) is 17.7. The summed E-state index contributed by atoms with van der Waals surface area (Å²) in [5.41, 5.74) is 7.02. The predicted molar refractivity (Wildman–Crippen MR) is 291 cm³/mol. The van der Waals surface area contributed by atoms with Crippen LogP contribution in [0.2, 0.25) is 0 Å². The zero-order chi connectivity index (χ0) is 52.7. The Labute approximate surface area is 435 Å². The molecule has 3 aliphatic rings. The van der Waals surface area contributed by atoms with E-state index in [4.69, 9.17) is 28.4 Å². The van der Waals surface area contributed by atoms with Crippen molar-refractivity contribution in [3.05, 3.63) is 257 Å². The number of allylic oxidation sites excluding steroid dienone is 2. The van der Waals surface area contributed by atoms with Gasteiger partial charge in [0.15, 0.2) is 11.7 Å². The van der Waals surface area contributed by atoms with Gasteiger partial charge in [-0.2, -0.15) is 0 Å². The zero-order valence-corrected chi connectivity index (χ0v) is 42.9. The maximum Gasteiger partial charge on any atom is 0.296 e. The molecule has 4 N–H and O–H groups in total. The highest BCUT2D eigenvalue weighted by Gasteiger charge is 2.49. The highest BCUT2D eigenvalue weighted by Crippen LogP contribution is 2.57. The molecule has 2 saturated carbocycles. The first-order valence-corrected chi connectivity index (χ1v) is 24.3. The van der Waals surface area contributed by atoms with Gasteiger partial charge < -0.3 is 48.8 Å². The first-order valence-electron chi connectivity index (χ1n) is 24.3. The molecule has 0 bridgehead atoms. The van der Waals surface area contributed by atoms with Crippen LogP contribution >= 0.6 is 0 Å². The van der Waals surface area contributed by atoms with Gasteiger partial charge in [0.05, 0.1) is 55.3 Å². The van der Waals surface area contributed by atoms with Crippen LogP contribution in [-0.2, 0) is 25.9 Å². The molecule has 3 aliphatic carbocycles. The number of ether oxygens (including phenoxy) is 6. The smallest absolute Gasteiger partial charge is 0.296 e. The second-order valence-electron chi connectivity index (χ2n) is 17.9. The molecular weight excluding hydrogens is 929 g/mol. The average molecular weight is 994 g/mol. The van der Waals surface area contributed by atoms with Crippen LogP contribution < -0.4 is 18.9 Å². The Morgan fingerprint density at radius 2 is 1.07 bits per heavy atom. The molecule has 10 rings (SSSR count). The topological polar surface area (TPSA) is 136 Å². The predicted octanol–water partition coefficient (Wildman–Crippen LogP) is 12.4. The first kappa shape index (κ1) is 53.5. The van der Waals surface area contributed by atoms with Crippen molar-refractivity contribution in [3.63, 3.8) is 0 Å². The van der Waals surface area contributed by atoms with Crippen molar-refractivity contribution in [2.24, 2.45) is 0 Å². The van der Waals surface area contributed by atoms with Crippen molar-refractivity contribution in [2.75, 3.05) is 49.3 Å². The van der Waals surface area contributed by atoms with Crippen molar-refractivity contribution >= 4 is 5.57 Å². The fourth-order valence-electron chi connectivity index (χ4n) is 9.24. The monoisotopic (exact) mass is 993 g/mol. The zero-order valence-electron chi connectivity index (χ0n) is 42.9. The number of methoxy groups -OCH3 is 6. The number of aliphatic hydroxyl groups is 2. The number of benzene rings is 7. The number of aromatic hydroxyl groups is 2. The summed E-state index contributed by atoms with van der Waals surface area (Å²) in [5.74, 6) is 4.80. The molecule has 1 atom stereocenters. The first-order chi connectivity index (χ1) is 35.9. The molecule has 0 aliphatic heterocycles. The molecule has 10 heteroatoms. The summed E-state index contributed by atoms with van der Waals surface area (Å²) in [5, 5.41) is 40.1. The van der Waals surface area contributed by atoms with E-state index in [9.17, 15) is 20.4 Å². The Bertz CT molecular complexity index is 3050. The number of phenols is 2. The Morgan fingerprint density at radius 1 is 0.554 bits per heavy atom. The van der Waals surface area contributed by atoms with E-state index in [-0.39, 0.29) is 22.3 Å². The van der Waals surface area contributed by atoms with Crippen LogP contribution in [0.4, 0.5) is 0 Å². The van der Waals surface area contributed by atoms with Gasteiger partial charge in [-0.05, 0) is 103 Å². The summed E-state index contributed by atoms with van der Waals surface area (Å²) in [6, 6.07) is 56.3. The molecule has 380 valence electrons. The SMILES string of the molecule is C=C(c1ccccc1)c1cc(OC)ccc1OC.COC1=CC(C(O)(CO)c2ccccc2)=C(OC)[C+]=C1.COc1ccc(OC)c(C2(c3ccccc3)CC2)c1.Oc1ccc(O)c(C2(c3ccccc3)CC2)c1. The largest absolute Gasteiger partial charge is 0.508 e. The van der Waals surface area contributed by atoms with Crippen molar-refractivity contribution in [1.29, 1.82) is 0 Å². The van der Waals surface area contributed by atoms with Crippen molar-refractivity contribution in [1.82, 2.24) is 0 Å². The summed E-state index contributed by atoms with van der Waals surface area (Å²) in [6.45, 7) is 3.67. The number of phenolic OH excluding ortho intramolecular Hbond substituents is 2. The molecule has 0 aromatic heterocycles. The van der Waals surface area contributed by atoms with Gasteiger partial charge in [-0.25, -0.2) is 0 Å². The second-order valence-corrected chi connectivity index (χ2v) is 17.9. The van der Waals surface area contributed by atoms with Gasteiger partial charge in [-0.3, -0.25) is 0 Å². The quantitative estimate of drug-likeness (QED) is 0.0581. The minimum absolute atomic E-state index is 0.0932. The maximum absolute atomic E-state index is 10.9. The summed E-state index contributed by atoms with van der Waals surface area (Å²) in [6.07, 6.45) is 10.5. The molecule has 0 saturated heterocycles. The van der Waals surface area contributed by atoms with Crippen molar-refractivity contribution in [3.8, 4) is 34.5 Å². The number of hydrogen-bond donors (Lipinski definition) is 4. The minimum Gasteiger partial charge on any atom is -0.508 e. The highest BCUT2D eigenvalue weighted by molar-refractivity contribution is 5.81. The Hall–Kier alpha value is -8.27. The summed E-state index contributed by atoms with van der Waals surface area (Å²) >= 11 is 0. The Balaban J connectivity index is 0.000000144. The van der Waals surface area contributed by atoms with Gasteiger partial charge in [0.1, 0.15) is 46.1 Å². The molecule has 0 heterocycles. The fraction of sp³-hybridized carbons (Fsp3) is 0.219. The molecule has 7 aromatic carbocycles. The van der Waals surface area contributed by atoms with Gasteiger partial charge in [-0.15, -0.1) is 0 Å². The lowest BCUT2D eigenvalue weighted by molar-refractivity contribution is 0.0125. The number of hydrogen-bond acceptors (Lipinski definition) is 10. The third kappa shape index (κ3) is 12.0. The van der Waals surface area contributed by atoms with Crippen LogP contribution in [0.5, 0.6) is 34.5 Å². The second kappa shape index (κ2) is 24.4. The lowest BCUT2D eigenvalue weighted by Crippen LogP contribution is -2.33. The van der Waals surface area contributed by atoms with Gasteiger partial charge >= 0.3 is 0 Å². The van der Waals surface area contributed by atoms with Gasteiger partial charge in [0, 0.05) is 33.1 Å². The Morgan fingerprint density at radius 3 is 1.57 bits per heavy atom. The van der Waals surface area contributed by atoms with Crippen molar-refractivity contribution in [2.45, 2.75) is 42.1 Å². The van der Waals surface area contributed by atoms with Crippen LogP contribution in [0.25, 0.3) is 5.57 Å². The van der Waals surface area contributed by atoms with Gasteiger partial charge in [0.2, 0.25) is 5.76 Å². The lowest BCUT2D eigenvalue weighted by atomic mass is 9.84. The van der Waals surface area contributed by atoms with Crippen LogP contribution in [0.1, 0.15) is 64.6 Å². The van der Waals surface area contributed by atoms with E-state index in [1.807, 2.05) is 84.9 Å². The molecule has 7 aromatic rings. The van der Waals surface area contributed by atoms with E-state index < -0.39 is 12.2 Å². The number of aliphatic hydroxyl groups excluding tert-OH is 1. The molecule has 0 amide bonds. The van der Waals surface area contributed by atoms with Crippen LogP contribution in [0.15, 0.2) is 212 Å². The van der Waals surface area contributed by atoms with Crippen LogP contribution in [-0.4, -0.2) is 69.7 Å². The third-order valence-corrected chi connectivity index (χ3v) is 13.7. The van der Waals surface area contributed by atoms with Gasteiger partial charge in [-0.1, -0.05) is 128 Å². The highest BCUT2D eigenvalue weighted by atomic mass is 16.5. The number of rotatable bonds is 15. The standard InChI is InChI=1S/C17H18O2.C16H17O4.C16H16O2.C15H14O2/c1-18-14-8-9-16(19-2)15(12-14)17(10-11-17)13-6-4-3-5-7-13;1-19-13-8-9-15(20-2)14(10-13)16(18,11-17)12-6-4-3-5-7-12;1-12(13-7-5-4-6-8-13)15-11-14(17-2)9-10-16(15)18-3;16-12-6-7-14(17)13(10-12)15(8-9-15)11-4-2-1-3-5-11/h3-9,12H,10-11H2,1-2H3;3-8,10,17-18H,11H2,1-2H3;4-11H,1H2,2-3H3;1-7,10,16-17H,8-9H2/q;+1;;.